The number of benzene rings is 1. The predicted octanol–water partition coefficient (Wildman–Crippen LogP) is 3.40. The molecular formula is C10H6FNS2. The molecule has 14 heavy (non-hydrogen) atoms. The maximum Gasteiger partial charge on any atom is 0.142 e. The molecule has 0 amide bonds. The van der Waals surface area contributed by atoms with Crippen LogP contribution in [0.5, 0.6) is 0 Å². The third kappa shape index (κ3) is 1.49. The van der Waals surface area contributed by atoms with Gasteiger partial charge in [0, 0.05) is 20.4 Å². The van der Waals surface area contributed by atoms with Crippen molar-refractivity contribution in [2.45, 2.75) is 11.3 Å². The van der Waals surface area contributed by atoms with Crippen LogP contribution in [0.3, 0.4) is 0 Å². The molecule has 0 atom stereocenters. The summed E-state index contributed by atoms with van der Waals surface area (Å²) < 4.78 is 14.1. The minimum atomic E-state index is -0.237. The van der Waals surface area contributed by atoms with Crippen molar-refractivity contribution in [2.75, 3.05) is 0 Å². The minimum Gasteiger partial charge on any atom is -0.205 e. The molecule has 0 N–H and O–H groups in total. The molecule has 1 aromatic heterocycles. The summed E-state index contributed by atoms with van der Waals surface area (Å²) >= 11 is 5.54. The van der Waals surface area contributed by atoms with Crippen molar-refractivity contribution in [3.8, 4) is 6.07 Å². The Bertz CT molecular complexity index is 525. The van der Waals surface area contributed by atoms with E-state index < -0.39 is 0 Å². The summed E-state index contributed by atoms with van der Waals surface area (Å²) in [6.07, 6.45) is 0.336. The highest BCUT2D eigenvalue weighted by Gasteiger charge is 2.08. The monoisotopic (exact) mass is 223 g/mol. The fourth-order valence-corrected chi connectivity index (χ4v) is 2.72. The van der Waals surface area contributed by atoms with Crippen molar-refractivity contribution >= 4 is 34.1 Å². The lowest BCUT2D eigenvalue weighted by molar-refractivity contribution is 0.642. The van der Waals surface area contributed by atoms with E-state index in [0.29, 0.717) is 16.7 Å². The molecule has 0 aliphatic carbocycles. The van der Waals surface area contributed by atoms with E-state index >= 15 is 0 Å². The Morgan fingerprint density at radius 3 is 3.00 bits per heavy atom. The lowest BCUT2D eigenvalue weighted by Crippen LogP contribution is -1.82. The first kappa shape index (κ1) is 9.50. The predicted molar refractivity (Wildman–Crippen MR) is 58.4 cm³/mol. The number of halogens is 1. The first-order valence-corrected chi connectivity index (χ1v) is 5.30. The second kappa shape index (κ2) is 3.60. The highest BCUT2D eigenvalue weighted by molar-refractivity contribution is 7.80. The van der Waals surface area contributed by atoms with Gasteiger partial charge in [0.15, 0.2) is 0 Å². The van der Waals surface area contributed by atoms with E-state index in [9.17, 15) is 4.39 Å². The van der Waals surface area contributed by atoms with Gasteiger partial charge in [0.2, 0.25) is 0 Å². The van der Waals surface area contributed by atoms with E-state index in [1.54, 1.807) is 6.07 Å². The largest absolute Gasteiger partial charge is 0.205 e. The second-order valence-corrected chi connectivity index (χ2v) is 4.30. The molecule has 0 fully saturated rings. The van der Waals surface area contributed by atoms with E-state index in [1.165, 1.54) is 16.7 Å². The molecule has 1 heterocycles. The Kier molecular flexibility index (Phi) is 2.44. The van der Waals surface area contributed by atoms with Gasteiger partial charge < -0.3 is 0 Å². The van der Waals surface area contributed by atoms with Crippen molar-refractivity contribution in [2.24, 2.45) is 0 Å². The highest BCUT2D eigenvalue weighted by Crippen LogP contribution is 2.31. The van der Waals surface area contributed by atoms with Crippen LogP contribution in [0.4, 0.5) is 4.39 Å². The van der Waals surface area contributed by atoms with Gasteiger partial charge in [-0.3, -0.25) is 0 Å². The lowest BCUT2D eigenvalue weighted by atomic mass is 10.1. The number of nitrogens with zero attached hydrogens (tertiary/aromatic N) is 1. The van der Waals surface area contributed by atoms with Gasteiger partial charge in [-0.1, -0.05) is 0 Å². The van der Waals surface area contributed by atoms with Gasteiger partial charge in [-0.25, -0.2) is 4.39 Å². The van der Waals surface area contributed by atoms with Gasteiger partial charge in [0.05, 0.1) is 12.5 Å². The van der Waals surface area contributed by atoms with Crippen molar-refractivity contribution in [1.29, 1.82) is 5.26 Å². The molecule has 4 heteroatoms. The highest BCUT2D eigenvalue weighted by atomic mass is 32.1. The lowest BCUT2D eigenvalue weighted by Gasteiger charge is -1.99. The number of fused-ring (bicyclic) bond motifs is 1. The number of hydrogen-bond acceptors (Lipinski definition) is 3. The van der Waals surface area contributed by atoms with Crippen LogP contribution in [-0.4, -0.2) is 0 Å². The third-order valence-electron chi connectivity index (χ3n) is 1.95. The van der Waals surface area contributed by atoms with E-state index in [1.807, 2.05) is 6.07 Å². The number of thiophene rings is 1. The van der Waals surface area contributed by atoms with Gasteiger partial charge in [0.25, 0.3) is 0 Å². The average molecular weight is 223 g/mol. The smallest absolute Gasteiger partial charge is 0.142 e. The van der Waals surface area contributed by atoms with Crippen molar-refractivity contribution < 1.29 is 4.39 Å². The quantitative estimate of drug-likeness (QED) is 0.736. The maximum absolute atomic E-state index is 13.2. The van der Waals surface area contributed by atoms with Crippen LogP contribution in [0, 0.1) is 17.1 Å². The zero-order valence-corrected chi connectivity index (χ0v) is 8.83. The Hall–Kier alpha value is -1.05. The molecule has 0 radical (unpaired) electrons. The van der Waals surface area contributed by atoms with Crippen LogP contribution in [0.2, 0.25) is 0 Å². The number of rotatable bonds is 1. The molecule has 0 aliphatic heterocycles. The average Bonchev–Trinajstić information content (AvgIpc) is 2.48. The van der Waals surface area contributed by atoms with E-state index in [0.717, 1.165) is 10.3 Å². The Balaban J connectivity index is 2.69. The number of thiol groups is 1. The van der Waals surface area contributed by atoms with Crippen LogP contribution in [0.15, 0.2) is 22.4 Å². The molecule has 0 saturated carbocycles. The summed E-state index contributed by atoms with van der Waals surface area (Å²) in [6.45, 7) is 0. The summed E-state index contributed by atoms with van der Waals surface area (Å²) in [5.41, 5.74) is 0.881. The normalized spacial score (nSPS) is 10.4. The van der Waals surface area contributed by atoms with Crippen molar-refractivity contribution in [3.05, 3.63) is 28.9 Å². The van der Waals surface area contributed by atoms with Crippen LogP contribution in [-0.2, 0) is 6.42 Å². The van der Waals surface area contributed by atoms with Crippen molar-refractivity contribution in [3.63, 3.8) is 0 Å². The summed E-state index contributed by atoms with van der Waals surface area (Å²) in [7, 11) is 0. The molecule has 0 unspecified atom stereocenters. The van der Waals surface area contributed by atoms with Gasteiger partial charge in [-0.05, 0) is 17.7 Å². The maximum atomic E-state index is 13.2. The zero-order valence-electron chi connectivity index (χ0n) is 7.12. The Labute approximate surface area is 90.2 Å². The van der Waals surface area contributed by atoms with Crippen molar-refractivity contribution in [1.82, 2.24) is 0 Å². The summed E-state index contributed by atoms with van der Waals surface area (Å²) in [6, 6.07) is 5.64. The molecule has 0 saturated heterocycles. The van der Waals surface area contributed by atoms with Gasteiger partial charge >= 0.3 is 0 Å². The van der Waals surface area contributed by atoms with E-state index in [4.69, 9.17) is 5.26 Å². The molecule has 70 valence electrons. The fourth-order valence-electron chi connectivity index (χ4n) is 1.36. The number of nitriles is 1. The first-order chi connectivity index (χ1) is 6.72. The number of hydrogen-bond donors (Lipinski definition) is 1. The van der Waals surface area contributed by atoms with Gasteiger partial charge in [-0.2, -0.15) is 5.26 Å². The van der Waals surface area contributed by atoms with E-state index in [-0.39, 0.29) is 5.82 Å². The van der Waals surface area contributed by atoms with Crippen LogP contribution in [0.1, 0.15) is 5.56 Å². The summed E-state index contributed by atoms with van der Waals surface area (Å²) in [5.74, 6) is -0.237. The van der Waals surface area contributed by atoms with E-state index in [2.05, 4.69) is 18.7 Å². The fraction of sp³-hybridized carbons (Fsp3) is 0.100. The molecule has 0 bridgehead atoms. The summed E-state index contributed by atoms with van der Waals surface area (Å²) in [5, 5.41) is 10.6. The van der Waals surface area contributed by atoms with Crippen LogP contribution in [0.25, 0.3) is 10.1 Å². The van der Waals surface area contributed by atoms with Gasteiger partial charge in [0.1, 0.15) is 5.82 Å². The Morgan fingerprint density at radius 1 is 1.50 bits per heavy atom. The molecule has 0 aliphatic rings. The molecule has 0 spiro atoms. The standard InChI is InChI=1S/C10H6FNS2/c11-7-5-14-9-4-6(1-2-12)3-8(13)10(7)9/h3-5,13H,1H2. The molecule has 1 aromatic carbocycles. The summed E-state index contributed by atoms with van der Waals surface area (Å²) in [4.78, 5) is 0.603. The molecule has 2 aromatic rings. The van der Waals surface area contributed by atoms with Crippen LogP contribution < -0.4 is 0 Å². The zero-order chi connectivity index (χ0) is 10.1. The second-order valence-electron chi connectivity index (χ2n) is 2.91. The molecule has 2 rings (SSSR count). The molecule has 1 nitrogen and oxygen atoms in total. The topological polar surface area (TPSA) is 23.8 Å². The van der Waals surface area contributed by atoms with Gasteiger partial charge in [-0.15, -0.1) is 24.0 Å². The third-order valence-corrected chi connectivity index (χ3v) is 3.21. The Morgan fingerprint density at radius 2 is 2.29 bits per heavy atom. The first-order valence-electron chi connectivity index (χ1n) is 3.98. The minimum absolute atomic E-state index is 0.237. The SMILES string of the molecule is N#CCc1cc(S)c2c(F)csc2c1. The molecular weight excluding hydrogens is 217 g/mol. The van der Waals surface area contributed by atoms with Crippen LogP contribution >= 0.6 is 24.0 Å².